The lowest BCUT2D eigenvalue weighted by Crippen LogP contribution is -2.48. The van der Waals surface area contributed by atoms with Crippen LogP contribution in [0.4, 0.5) is 0 Å². The number of pyridine rings is 1. The van der Waals surface area contributed by atoms with E-state index in [1.807, 2.05) is 59.7 Å². The number of aromatic nitrogens is 1. The topological polar surface area (TPSA) is 82.3 Å². The molecule has 1 aliphatic heterocycles. The van der Waals surface area contributed by atoms with E-state index >= 15 is 0 Å². The van der Waals surface area contributed by atoms with Crippen molar-refractivity contribution in [3.05, 3.63) is 81.5 Å². The first kappa shape index (κ1) is 22.0. The van der Waals surface area contributed by atoms with Gasteiger partial charge in [0.05, 0.1) is 16.5 Å². The van der Waals surface area contributed by atoms with Crippen LogP contribution in [0.3, 0.4) is 0 Å². The Kier molecular flexibility index (Phi) is 6.85. The van der Waals surface area contributed by atoms with Crippen LogP contribution in [0.1, 0.15) is 48.0 Å². The van der Waals surface area contributed by atoms with Crippen LogP contribution in [0.25, 0.3) is 10.6 Å². The highest BCUT2D eigenvalue weighted by Crippen LogP contribution is 2.24. The van der Waals surface area contributed by atoms with E-state index in [1.165, 1.54) is 11.3 Å². The van der Waals surface area contributed by atoms with E-state index in [9.17, 15) is 14.4 Å². The molecule has 1 aliphatic rings. The molecule has 2 N–H and O–H groups in total. The number of nitrogens with zero attached hydrogens (tertiary/aromatic N) is 1. The predicted molar refractivity (Wildman–Crippen MR) is 127 cm³/mol. The summed E-state index contributed by atoms with van der Waals surface area (Å²) >= 11 is 1.53. The average Bonchev–Trinajstić information content (AvgIpc) is 3.35. The third-order valence-corrected chi connectivity index (χ3v) is 6.89. The number of thiophene rings is 1. The third kappa shape index (κ3) is 4.83. The Morgan fingerprint density at radius 1 is 1.09 bits per heavy atom. The zero-order valence-corrected chi connectivity index (χ0v) is 18.9. The summed E-state index contributed by atoms with van der Waals surface area (Å²) in [7, 11) is 0. The van der Waals surface area contributed by atoms with Gasteiger partial charge in [0.1, 0.15) is 5.56 Å². The molecule has 1 fully saturated rings. The zero-order chi connectivity index (χ0) is 22.5. The molecule has 2 amide bonds. The van der Waals surface area contributed by atoms with Crippen LogP contribution < -0.4 is 10.9 Å². The largest absolute Gasteiger partial charge is 0.349 e. The van der Waals surface area contributed by atoms with Gasteiger partial charge in [0, 0.05) is 19.1 Å². The van der Waals surface area contributed by atoms with Gasteiger partial charge in [-0.2, -0.15) is 0 Å². The lowest BCUT2D eigenvalue weighted by molar-refractivity contribution is -0.134. The number of amides is 2. The summed E-state index contributed by atoms with van der Waals surface area (Å²) in [6.45, 7) is 3.23. The number of carbonyl (C=O) groups excluding carboxylic acids is 2. The Labute approximate surface area is 191 Å². The van der Waals surface area contributed by atoms with Gasteiger partial charge in [-0.25, -0.2) is 0 Å². The maximum atomic E-state index is 13.0. The number of aromatic amines is 1. The van der Waals surface area contributed by atoms with E-state index < -0.39 is 5.56 Å². The molecule has 1 saturated heterocycles. The minimum absolute atomic E-state index is 0.0558. The molecule has 1 aromatic carbocycles. The van der Waals surface area contributed by atoms with E-state index in [2.05, 4.69) is 10.3 Å². The highest BCUT2D eigenvalue weighted by molar-refractivity contribution is 7.13. The molecular weight excluding hydrogens is 422 g/mol. The fourth-order valence-electron chi connectivity index (χ4n) is 4.19. The van der Waals surface area contributed by atoms with Crippen LogP contribution >= 0.6 is 11.3 Å². The van der Waals surface area contributed by atoms with Crippen molar-refractivity contribution in [1.29, 1.82) is 0 Å². The van der Waals surface area contributed by atoms with Gasteiger partial charge in [0.25, 0.3) is 11.5 Å². The molecule has 0 radical (unpaired) electrons. The van der Waals surface area contributed by atoms with E-state index in [0.29, 0.717) is 31.6 Å². The van der Waals surface area contributed by atoms with Crippen LogP contribution in [-0.2, 0) is 4.79 Å². The molecule has 0 bridgehead atoms. The van der Waals surface area contributed by atoms with E-state index in [-0.39, 0.29) is 29.3 Å². The number of hydrogen-bond acceptors (Lipinski definition) is 4. The Balaban J connectivity index is 1.34. The molecule has 2 aromatic heterocycles. The first-order chi connectivity index (χ1) is 15.6. The minimum atomic E-state index is -0.394. The van der Waals surface area contributed by atoms with E-state index in [0.717, 1.165) is 16.9 Å². The van der Waals surface area contributed by atoms with Gasteiger partial charge in [0.2, 0.25) is 5.91 Å². The summed E-state index contributed by atoms with van der Waals surface area (Å²) < 4.78 is 0. The fourth-order valence-corrected chi connectivity index (χ4v) is 4.90. The Bertz CT molecular complexity index is 1120. The van der Waals surface area contributed by atoms with Crippen LogP contribution in [0.15, 0.2) is 64.8 Å². The molecule has 0 spiro atoms. The number of likely N-dealkylation sites (tertiary alicyclic amines) is 1. The maximum absolute atomic E-state index is 13.0. The zero-order valence-electron chi connectivity index (χ0n) is 18.0. The molecular formula is C25H27N3O3S. The standard InChI is InChI=1S/C25H27N3O3S/c1-2-19(17-7-4-3-5-8-17)25(31)28-14-12-18(13-15-28)26-23(29)20-10-11-21(27-24(20)30)22-9-6-16-32-22/h3-11,16,18-19H,2,12-15H2,1H3,(H,26,29)(H,27,30). The second-order valence-electron chi connectivity index (χ2n) is 8.04. The van der Waals surface area contributed by atoms with E-state index in [4.69, 9.17) is 0 Å². The molecule has 4 rings (SSSR count). The summed E-state index contributed by atoms with van der Waals surface area (Å²) in [4.78, 5) is 43.8. The molecule has 1 atom stereocenters. The van der Waals surface area contributed by atoms with Crippen molar-refractivity contribution in [2.45, 2.75) is 38.1 Å². The first-order valence-corrected chi connectivity index (χ1v) is 11.9. The molecule has 166 valence electrons. The predicted octanol–water partition coefficient (Wildman–Crippen LogP) is 4.02. The third-order valence-electron chi connectivity index (χ3n) is 5.99. The quantitative estimate of drug-likeness (QED) is 0.596. The number of carbonyl (C=O) groups is 2. The smallest absolute Gasteiger partial charge is 0.261 e. The van der Waals surface area contributed by atoms with Gasteiger partial charge >= 0.3 is 0 Å². The number of H-pyrrole nitrogens is 1. The Morgan fingerprint density at radius 3 is 2.47 bits per heavy atom. The molecule has 6 nitrogen and oxygen atoms in total. The van der Waals surface area contributed by atoms with Crippen LogP contribution in [0, 0.1) is 0 Å². The summed E-state index contributed by atoms with van der Waals surface area (Å²) in [5.74, 6) is -0.365. The monoisotopic (exact) mass is 449 g/mol. The molecule has 0 aliphatic carbocycles. The highest BCUT2D eigenvalue weighted by Gasteiger charge is 2.29. The van der Waals surface area contributed by atoms with Gasteiger partial charge < -0.3 is 15.2 Å². The van der Waals surface area contributed by atoms with E-state index in [1.54, 1.807) is 12.1 Å². The van der Waals surface area contributed by atoms with Gasteiger partial charge in [-0.1, -0.05) is 43.3 Å². The summed E-state index contributed by atoms with van der Waals surface area (Å²) in [5.41, 5.74) is 1.46. The second-order valence-corrected chi connectivity index (χ2v) is 8.98. The number of nitrogens with one attached hydrogen (secondary N) is 2. The molecule has 1 unspecified atom stereocenters. The minimum Gasteiger partial charge on any atom is -0.349 e. The molecule has 32 heavy (non-hydrogen) atoms. The molecule has 7 heteroatoms. The number of rotatable bonds is 6. The highest BCUT2D eigenvalue weighted by atomic mass is 32.1. The van der Waals surface area contributed by atoms with Crippen molar-refractivity contribution in [2.24, 2.45) is 0 Å². The first-order valence-electron chi connectivity index (χ1n) is 11.0. The normalized spacial score (nSPS) is 15.3. The van der Waals surface area contributed by atoms with Crippen molar-refractivity contribution < 1.29 is 9.59 Å². The Hall–Kier alpha value is -3.19. The maximum Gasteiger partial charge on any atom is 0.261 e. The summed E-state index contributed by atoms with van der Waals surface area (Å²) in [5, 5.41) is 4.91. The van der Waals surface area contributed by atoms with Crippen LogP contribution in [0.2, 0.25) is 0 Å². The summed E-state index contributed by atoms with van der Waals surface area (Å²) in [6, 6.07) is 17.0. The van der Waals surface area contributed by atoms with Crippen LogP contribution in [0.5, 0.6) is 0 Å². The molecule has 3 heterocycles. The summed E-state index contributed by atoms with van der Waals surface area (Å²) in [6.07, 6.45) is 2.10. The Morgan fingerprint density at radius 2 is 1.84 bits per heavy atom. The van der Waals surface area contributed by atoms with Crippen molar-refractivity contribution in [1.82, 2.24) is 15.2 Å². The lowest BCUT2D eigenvalue weighted by Gasteiger charge is -2.34. The van der Waals surface area contributed by atoms with Crippen LogP contribution in [-0.4, -0.2) is 40.8 Å². The second kappa shape index (κ2) is 9.96. The van der Waals surface area contributed by atoms with Gasteiger partial charge in [-0.3, -0.25) is 14.4 Å². The average molecular weight is 450 g/mol. The van der Waals surface area contributed by atoms with Gasteiger partial charge in [-0.05, 0) is 48.4 Å². The van der Waals surface area contributed by atoms with Gasteiger partial charge in [-0.15, -0.1) is 11.3 Å². The van der Waals surface area contributed by atoms with Crippen molar-refractivity contribution in [3.63, 3.8) is 0 Å². The number of benzene rings is 1. The van der Waals surface area contributed by atoms with Crippen molar-refractivity contribution in [2.75, 3.05) is 13.1 Å². The number of hydrogen-bond donors (Lipinski definition) is 2. The van der Waals surface area contributed by atoms with Gasteiger partial charge in [0.15, 0.2) is 0 Å². The fraction of sp³-hybridized carbons (Fsp3) is 0.320. The van der Waals surface area contributed by atoms with Crippen molar-refractivity contribution >= 4 is 23.2 Å². The van der Waals surface area contributed by atoms with Crippen molar-refractivity contribution in [3.8, 4) is 10.6 Å². The molecule has 3 aromatic rings. The number of piperidine rings is 1. The lowest BCUT2D eigenvalue weighted by atomic mass is 9.93. The molecule has 0 saturated carbocycles. The SMILES string of the molecule is CCC(C(=O)N1CCC(NC(=O)c2ccc(-c3cccs3)[nH]c2=O)CC1)c1ccccc1.